The number of rotatable bonds is 6. The van der Waals surface area contributed by atoms with Crippen LogP contribution in [0.5, 0.6) is 5.75 Å². The van der Waals surface area contributed by atoms with Crippen LogP contribution in [-0.2, 0) is 14.8 Å². The first-order valence-corrected chi connectivity index (χ1v) is 10.9. The zero-order chi connectivity index (χ0) is 21.1. The predicted molar refractivity (Wildman–Crippen MR) is 111 cm³/mol. The number of carbonyl (C=O) groups is 1. The van der Waals surface area contributed by atoms with Crippen LogP contribution in [0, 0.1) is 0 Å². The van der Waals surface area contributed by atoms with Crippen molar-refractivity contribution in [3.63, 3.8) is 0 Å². The molecule has 1 saturated heterocycles. The third kappa shape index (κ3) is 4.48. The van der Waals surface area contributed by atoms with Crippen LogP contribution in [0.2, 0.25) is 0 Å². The fourth-order valence-electron chi connectivity index (χ4n) is 3.26. The van der Waals surface area contributed by atoms with Crippen molar-refractivity contribution in [2.75, 3.05) is 13.2 Å². The van der Waals surface area contributed by atoms with Gasteiger partial charge in [0.15, 0.2) is 5.25 Å². The van der Waals surface area contributed by atoms with Crippen molar-refractivity contribution in [1.29, 1.82) is 0 Å². The van der Waals surface area contributed by atoms with Gasteiger partial charge in [0.1, 0.15) is 11.5 Å². The van der Waals surface area contributed by atoms with Crippen LogP contribution in [0.1, 0.15) is 38.0 Å². The summed E-state index contributed by atoms with van der Waals surface area (Å²) >= 11 is 0. The zero-order valence-electron chi connectivity index (χ0n) is 16.8. The topological polar surface area (TPSA) is 88.9 Å². The van der Waals surface area contributed by atoms with Gasteiger partial charge in [0.05, 0.1) is 12.1 Å². The number of aliphatic imine (C=N–C) groups is 1. The van der Waals surface area contributed by atoms with E-state index in [2.05, 4.69) is 9.98 Å². The minimum atomic E-state index is -3.91. The average Bonchev–Trinajstić information content (AvgIpc) is 2.87. The number of pyridine rings is 1. The highest BCUT2D eigenvalue weighted by atomic mass is 32.2. The first-order chi connectivity index (χ1) is 13.7. The fraction of sp³-hybridized carbons (Fsp3) is 0.381. The van der Waals surface area contributed by atoms with Crippen LogP contribution >= 0.6 is 0 Å². The third-order valence-electron chi connectivity index (χ3n) is 4.42. The van der Waals surface area contributed by atoms with Crippen molar-refractivity contribution in [2.45, 2.75) is 38.0 Å². The molecule has 0 aliphatic carbocycles. The Morgan fingerprint density at radius 2 is 1.76 bits per heavy atom. The molecule has 1 fully saturated rings. The lowest BCUT2D eigenvalue weighted by molar-refractivity contribution is -0.122. The molecule has 7 nitrogen and oxygen atoms in total. The van der Waals surface area contributed by atoms with Crippen molar-refractivity contribution in [1.82, 2.24) is 9.29 Å². The van der Waals surface area contributed by atoms with E-state index in [-0.39, 0.29) is 5.71 Å². The summed E-state index contributed by atoms with van der Waals surface area (Å²) in [7, 11) is -3.91. The number of aromatic nitrogens is 1. The highest BCUT2D eigenvalue weighted by Crippen LogP contribution is 2.38. The van der Waals surface area contributed by atoms with E-state index in [0.29, 0.717) is 30.9 Å². The van der Waals surface area contributed by atoms with Gasteiger partial charge in [0.2, 0.25) is 0 Å². The molecule has 0 spiro atoms. The van der Waals surface area contributed by atoms with E-state index in [1.165, 1.54) is 0 Å². The second kappa shape index (κ2) is 8.32. The molecule has 2 aromatic rings. The average molecular weight is 416 g/mol. The fourth-order valence-corrected chi connectivity index (χ4v) is 5.52. The molecule has 3 rings (SSSR count). The van der Waals surface area contributed by atoms with Crippen molar-refractivity contribution >= 4 is 21.6 Å². The SMILES string of the molecule is CC(C)(C)N1C(=O)C(=NCCCOc2ccncc2)C(c2ccccc2)S1(=O)=O. The van der Waals surface area contributed by atoms with E-state index in [1.54, 1.807) is 69.6 Å². The van der Waals surface area contributed by atoms with Crippen molar-refractivity contribution in [2.24, 2.45) is 4.99 Å². The number of amides is 1. The molecule has 1 aliphatic heterocycles. The van der Waals surface area contributed by atoms with Gasteiger partial charge < -0.3 is 4.74 Å². The van der Waals surface area contributed by atoms with Crippen LogP contribution < -0.4 is 4.74 Å². The molecule has 2 heterocycles. The molecular weight excluding hydrogens is 390 g/mol. The maximum absolute atomic E-state index is 13.2. The quantitative estimate of drug-likeness (QED) is 0.677. The van der Waals surface area contributed by atoms with Crippen LogP contribution in [0.15, 0.2) is 59.9 Å². The Kier molecular flexibility index (Phi) is 6.02. The lowest BCUT2D eigenvalue weighted by Crippen LogP contribution is -2.45. The first-order valence-electron chi connectivity index (χ1n) is 9.43. The monoisotopic (exact) mass is 415 g/mol. The number of hydrogen-bond acceptors (Lipinski definition) is 6. The molecule has 29 heavy (non-hydrogen) atoms. The Bertz CT molecular complexity index is 984. The molecular formula is C21H25N3O4S. The van der Waals surface area contributed by atoms with E-state index in [1.807, 2.05) is 6.07 Å². The smallest absolute Gasteiger partial charge is 0.283 e. The molecule has 1 atom stereocenters. The van der Waals surface area contributed by atoms with Crippen molar-refractivity contribution < 1.29 is 17.9 Å². The maximum atomic E-state index is 13.2. The summed E-state index contributed by atoms with van der Waals surface area (Å²) in [5.74, 6) is 0.148. The second-order valence-electron chi connectivity index (χ2n) is 7.73. The summed E-state index contributed by atoms with van der Waals surface area (Å²) in [5, 5.41) is -1.09. The molecule has 0 bridgehead atoms. The van der Waals surface area contributed by atoms with Crippen LogP contribution in [0.4, 0.5) is 0 Å². The standard InChI is InChI=1S/C21H25N3O4S/c1-21(2,3)24-20(25)18(19(29(24,26)27)16-8-5-4-6-9-16)23-12-7-15-28-17-10-13-22-14-11-17/h4-6,8-11,13-14,19H,7,12,15H2,1-3H3. The molecule has 0 radical (unpaired) electrons. The molecule has 8 heteroatoms. The third-order valence-corrected chi connectivity index (χ3v) is 6.73. The summed E-state index contributed by atoms with van der Waals surface area (Å²) in [6, 6.07) is 12.3. The number of hydrogen-bond donors (Lipinski definition) is 0. The van der Waals surface area contributed by atoms with Gasteiger partial charge >= 0.3 is 0 Å². The number of carbonyl (C=O) groups excluding carboxylic acids is 1. The van der Waals surface area contributed by atoms with E-state index in [0.717, 1.165) is 4.31 Å². The molecule has 1 unspecified atom stereocenters. The summed E-state index contributed by atoms with van der Waals surface area (Å²) in [6.45, 7) is 5.81. The van der Waals surface area contributed by atoms with Gasteiger partial charge in [-0.05, 0) is 38.5 Å². The summed E-state index contributed by atoms with van der Waals surface area (Å²) in [6.07, 6.45) is 3.84. The molecule has 1 aromatic carbocycles. The molecule has 1 aliphatic rings. The lowest BCUT2D eigenvalue weighted by Gasteiger charge is -2.30. The lowest BCUT2D eigenvalue weighted by atomic mass is 10.1. The highest BCUT2D eigenvalue weighted by molar-refractivity contribution is 7.91. The van der Waals surface area contributed by atoms with Gasteiger partial charge in [-0.1, -0.05) is 30.3 Å². The maximum Gasteiger partial charge on any atom is 0.283 e. The highest BCUT2D eigenvalue weighted by Gasteiger charge is 2.54. The number of ether oxygens (including phenoxy) is 1. The Morgan fingerprint density at radius 3 is 2.38 bits per heavy atom. The largest absolute Gasteiger partial charge is 0.493 e. The van der Waals surface area contributed by atoms with Gasteiger partial charge in [-0.3, -0.25) is 14.8 Å². The van der Waals surface area contributed by atoms with E-state index < -0.39 is 26.7 Å². The Balaban J connectivity index is 1.82. The molecule has 154 valence electrons. The minimum absolute atomic E-state index is 0.0648. The summed E-state index contributed by atoms with van der Waals surface area (Å²) < 4.78 is 33.0. The molecule has 1 amide bonds. The normalized spacial score (nSPS) is 20.2. The van der Waals surface area contributed by atoms with Crippen LogP contribution in [0.3, 0.4) is 0 Å². The predicted octanol–water partition coefficient (Wildman–Crippen LogP) is 3.00. The van der Waals surface area contributed by atoms with E-state index in [4.69, 9.17) is 4.74 Å². The summed E-state index contributed by atoms with van der Waals surface area (Å²) in [4.78, 5) is 21.3. The first kappa shape index (κ1) is 21.0. The van der Waals surface area contributed by atoms with Crippen LogP contribution in [0.25, 0.3) is 0 Å². The zero-order valence-corrected chi connectivity index (χ0v) is 17.6. The minimum Gasteiger partial charge on any atom is -0.493 e. The van der Waals surface area contributed by atoms with Crippen molar-refractivity contribution in [3.05, 3.63) is 60.4 Å². The molecule has 0 N–H and O–H groups in total. The van der Waals surface area contributed by atoms with Gasteiger partial charge in [-0.2, -0.15) is 0 Å². The van der Waals surface area contributed by atoms with Gasteiger partial charge in [-0.25, -0.2) is 12.7 Å². The van der Waals surface area contributed by atoms with Gasteiger partial charge in [-0.15, -0.1) is 0 Å². The number of nitrogens with zero attached hydrogens (tertiary/aromatic N) is 3. The number of benzene rings is 1. The Hall–Kier alpha value is -2.74. The second-order valence-corrected chi connectivity index (χ2v) is 9.59. The van der Waals surface area contributed by atoms with Crippen LogP contribution in [-0.4, -0.2) is 48.0 Å². The molecule has 0 saturated carbocycles. The van der Waals surface area contributed by atoms with E-state index in [9.17, 15) is 13.2 Å². The van der Waals surface area contributed by atoms with Gasteiger partial charge in [0.25, 0.3) is 15.9 Å². The summed E-state index contributed by atoms with van der Waals surface area (Å²) in [5.41, 5.74) is -0.264. The van der Waals surface area contributed by atoms with E-state index >= 15 is 0 Å². The van der Waals surface area contributed by atoms with Gasteiger partial charge in [0, 0.05) is 25.4 Å². The molecule has 1 aromatic heterocycles. The number of sulfonamides is 1. The van der Waals surface area contributed by atoms with Crippen molar-refractivity contribution in [3.8, 4) is 5.75 Å². The Labute approximate surface area is 171 Å². The Morgan fingerprint density at radius 1 is 1.10 bits per heavy atom.